The second kappa shape index (κ2) is 8.75. The van der Waals surface area contributed by atoms with Gasteiger partial charge in [0.1, 0.15) is 0 Å². The van der Waals surface area contributed by atoms with Crippen LogP contribution >= 0.6 is 0 Å². The Kier molecular flexibility index (Phi) is 8.51. The van der Waals surface area contributed by atoms with Crippen molar-refractivity contribution in [2.75, 3.05) is 14.2 Å². The largest absolute Gasteiger partial charge is 0.356 e. The van der Waals surface area contributed by atoms with E-state index in [-0.39, 0.29) is 6.29 Å². The summed E-state index contributed by atoms with van der Waals surface area (Å²) in [5.74, 6) is 0. The molecule has 0 fully saturated rings. The van der Waals surface area contributed by atoms with Gasteiger partial charge in [-0.15, -0.1) is 0 Å². The molecule has 0 amide bonds. The van der Waals surface area contributed by atoms with Crippen molar-refractivity contribution in [2.24, 2.45) is 0 Å². The van der Waals surface area contributed by atoms with Crippen LogP contribution in [0.15, 0.2) is 12.2 Å². The van der Waals surface area contributed by atoms with Crippen LogP contribution in [0.3, 0.4) is 0 Å². The lowest BCUT2D eigenvalue weighted by Crippen LogP contribution is -2.10. The summed E-state index contributed by atoms with van der Waals surface area (Å²) in [6.45, 7) is 2.20. The molecule has 2 nitrogen and oxygen atoms in total. The van der Waals surface area contributed by atoms with Gasteiger partial charge in [-0.3, -0.25) is 0 Å². The van der Waals surface area contributed by atoms with Crippen molar-refractivity contribution in [1.82, 2.24) is 0 Å². The second-order valence-corrected chi connectivity index (χ2v) is 2.75. The molecule has 0 saturated heterocycles. The molecule has 0 aromatic heterocycles. The molecule has 0 aromatic carbocycles. The molecule has 12 heavy (non-hydrogen) atoms. The van der Waals surface area contributed by atoms with E-state index in [1.807, 2.05) is 0 Å². The number of rotatable bonds is 7. The Labute approximate surface area is 75.6 Å². The Balaban J connectivity index is 3.31. The lowest BCUT2D eigenvalue weighted by Gasteiger charge is -2.09. The fourth-order valence-electron chi connectivity index (χ4n) is 0.936. The third-order valence-corrected chi connectivity index (χ3v) is 1.75. The third-order valence-electron chi connectivity index (χ3n) is 1.75. The van der Waals surface area contributed by atoms with Gasteiger partial charge < -0.3 is 9.47 Å². The number of unbranched alkanes of at least 4 members (excludes halogenated alkanes) is 2. The molecule has 0 aliphatic rings. The summed E-state index contributed by atoms with van der Waals surface area (Å²) >= 11 is 0. The molecule has 0 unspecified atom stereocenters. The summed E-state index contributed by atoms with van der Waals surface area (Å²) in [4.78, 5) is 0. The molecule has 0 heterocycles. The Morgan fingerprint density at radius 3 is 2.33 bits per heavy atom. The van der Waals surface area contributed by atoms with Gasteiger partial charge in [0.05, 0.1) is 0 Å². The van der Waals surface area contributed by atoms with Gasteiger partial charge in [0.25, 0.3) is 0 Å². The zero-order valence-corrected chi connectivity index (χ0v) is 8.38. The van der Waals surface area contributed by atoms with E-state index in [1.54, 1.807) is 14.2 Å². The quantitative estimate of drug-likeness (QED) is 0.334. The van der Waals surface area contributed by atoms with Crippen molar-refractivity contribution in [3.05, 3.63) is 12.2 Å². The van der Waals surface area contributed by atoms with Crippen molar-refractivity contribution >= 4 is 0 Å². The van der Waals surface area contributed by atoms with E-state index in [1.165, 1.54) is 12.8 Å². The van der Waals surface area contributed by atoms with E-state index in [4.69, 9.17) is 9.47 Å². The molecule has 0 atom stereocenters. The minimum atomic E-state index is -0.0807. The van der Waals surface area contributed by atoms with Gasteiger partial charge in [-0.2, -0.15) is 0 Å². The van der Waals surface area contributed by atoms with Crippen LogP contribution in [0.4, 0.5) is 0 Å². The number of allylic oxidation sites excluding steroid dienone is 1. The van der Waals surface area contributed by atoms with Gasteiger partial charge in [0.2, 0.25) is 0 Å². The van der Waals surface area contributed by atoms with E-state index >= 15 is 0 Å². The van der Waals surface area contributed by atoms with Crippen LogP contribution in [0.5, 0.6) is 0 Å². The zero-order valence-electron chi connectivity index (χ0n) is 8.38. The molecule has 0 N–H and O–H groups in total. The maximum Gasteiger partial charge on any atom is 0.160 e. The molecule has 0 spiro atoms. The molecular formula is C10H20O2. The fourth-order valence-corrected chi connectivity index (χ4v) is 0.936. The predicted octanol–water partition coefficient (Wildman–Crippen LogP) is 2.74. The summed E-state index contributed by atoms with van der Waals surface area (Å²) in [7, 11) is 3.32. The first-order valence-electron chi connectivity index (χ1n) is 4.55. The van der Waals surface area contributed by atoms with E-state index in [2.05, 4.69) is 19.1 Å². The molecule has 0 bridgehead atoms. The molecule has 0 aliphatic carbocycles. The number of hydrogen-bond donors (Lipinski definition) is 0. The first-order chi connectivity index (χ1) is 5.85. The SMILES string of the molecule is CCCC/C=C/CC(OC)OC. The van der Waals surface area contributed by atoms with Crippen LogP contribution in [0.25, 0.3) is 0 Å². The fraction of sp³-hybridized carbons (Fsp3) is 0.800. The highest BCUT2D eigenvalue weighted by Gasteiger charge is 1.99. The van der Waals surface area contributed by atoms with Crippen molar-refractivity contribution in [3.63, 3.8) is 0 Å². The van der Waals surface area contributed by atoms with Crippen molar-refractivity contribution in [3.8, 4) is 0 Å². The van der Waals surface area contributed by atoms with E-state index in [0.29, 0.717) is 0 Å². The van der Waals surface area contributed by atoms with Crippen molar-refractivity contribution in [1.29, 1.82) is 0 Å². The maximum atomic E-state index is 5.03. The second-order valence-electron chi connectivity index (χ2n) is 2.75. The molecule has 72 valence electrons. The predicted molar refractivity (Wildman–Crippen MR) is 51.1 cm³/mol. The summed E-state index contributed by atoms with van der Waals surface area (Å²) in [6, 6.07) is 0. The molecule has 0 radical (unpaired) electrons. The molecule has 0 aromatic rings. The smallest absolute Gasteiger partial charge is 0.160 e. The highest BCUT2D eigenvalue weighted by Crippen LogP contribution is 2.01. The van der Waals surface area contributed by atoms with E-state index in [0.717, 1.165) is 12.8 Å². The number of hydrogen-bond acceptors (Lipinski definition) is 2. The van der Waals surface area contributed by atoms with Crippen LogP contribution in [0.2, 0.25) is 0 Å². The minimum Gasteiger partial charge on any atom is -0.356 e. The van der Waals surface area contributed by atoms with Crippen LogP contribution in [0, 0.1) is 0 Å². The van der Waals surface area contributed by atoms with Gasteiger partial charge in [-0.05, 0) is 6.42 Å². The van der Waals surface area contributed by atoms with Crippen LogP contribution in [0.1, 0.15) is 32.6 Å². The van der Waals surface area contributed by atoms with Crippen molar-refractivity contribution < 1.29 is 9.47 Å². The average molecular weight is 172 g/mol. The highest BCUT2D eigenvalue weighted by molar-refractivity contribution is 4.82. The minimum absolute atomic E-state index is 0.0807. The Morgan fingerprint density at radius 2 is 1.83 bits per heavy atom. The Bertz CT molecular complexity index is 106. The van der Waals surface area contributed by atoms with Crippen LogP contribution < -0.4 is 0 Å². The molecule has 0 aliphatic heterocycles. The van der Waals surface area contributed by atoms with Crippen molar-refractivity contribution in [2.45, 2.75) is 38.9 Å². The van der Waals surface area contributed by atoms with Gasteiger partial charge in [-0.1, -0.05) is 31.9 Å². The summed E-state index contributed by atoms with van der Waals surface area (Å²) in [5.41, 5.74) is 0. The Hall–Kier alpha value is -0.340. The number of methoxy groups -OCH3 is 2. The monoisotopic (exact) mass is 172 g/mol. The summed E-state index contributed by atoms with van der Waals surface area (Å²) in [5, 5.41) is 0. The molecule has 0 rings (SSSR count). The lowest BCUT2D eigenvalue weighted by molar-refractivity contribution is -0.0986. The average Bonchev–Trinajstić information content (AvgIpc) is 2.11. The summed E-state index contributed by atoms with van der Waals surface area (Å²) < 4.78 is 10.1. The van der Waals surface area contributed by atoms with E-state index in [9.17, 15) is 0 Å². The number of ether oxygens (including phenoxy) is 2. The van der Waals surface area contributed by atoms with Gasteiger partial charge in [0, 0.05) is 20.6 Å². The summed E-state index contributed by atoms with van der Waals surface area (Å²) in [6.07, 6.45) is 8.75. The maximum absolute atomic E-state index is 5.03. The van der Waals surface area contributed by atoms with Gasteiger partial charge >= 0.3 is 0 Å². The first-order valence-corrected chi connectivity index (χ1v) is 4.55. The van der Waals surface area contributed by atoms with Gasteiger partial charge in [-0.25, -0.2) is 0 Å². The van der Waals surface area contributed by atoms with Crippen LogP contribution in [-0.4, -0.2) is 20.5 Å². The normalized spacial score (nSPS) is 11.7. The van der Waals surface area contributed by atoms with Crippen LogP contribution in [-0.2, 0) is 9.47 Å². The topological polar surface area (TPSA) is 18.5 Å². The molecular weight excluding hydrogens is 152 g/mol. The highest BCUT2D eigenvalue weighted by atomic mass is 16.7. The Morgan fingerprint density at radius 1 is 1.17 bits per heavy atom. The molecule has 0 saturated carbocycles. The van der Waals surface area contributed by atoms with E-state index < -0.39 is 0 Å². The standard InChI is InChI=1S/C10H20O2/c1-4-5-6-7-8-9-10(11-2)12-3/h7-8,10H,4-6,9H2,1-3H3/b8-7+. The first kappa shape index (κ1) is 11.7. The lowest BCUT2D eigenvalue weighted by atomic mass is 10.2. The molecule has 2 heteroatoms. The van der Waals surface area contributed by atoms with Gasteiger partial charge in [0.15, 0.2) is 6.29 Å². The third kappa shape index (κ3) is 6.38. The zero-order chi connectivity index (χ0) is 9.23.